The van der Waals surface area contributed by atoms with Crippen LogP contribution in [0.15, 0.2) is 17.0 Å². The highest BCUT2D eigenvalue weighted by Gasteiger charge is 2.21. The van der Waals surface area contributed by atoms with Gasteiger partial charge in [-0.2, -0.15) is 0 Å². The number of benzene rings is 1. The fourth-order valence-corrected chi connectivity index (χ4v) is 2.88. The van der Waals surface area contributed by atoms with Crippen molar-refractivity contribution in [3.63, 3.8) is 0 Å². The fraction of sp³-hybridized carbons (Fsp3) is 0.364. The molecule has 0 atom stereocenters. The van der Waals surface area contributed by atoms with Crippen LogP contribution in [0.3, 0.4) is 0 Å². The summed E-state index contributed by atoms with van der Waals surface area (Å²) in [5.74, 6) is -2.20. The van der Waals surface area contributed by atoms with Gasteiger partial charge in [-0.1, -0.05) is 6.07 Å². The lowest BCUT2D eigenvalue weighted by atomic mass is 10.1. The highest BCUT2D eigenvalue weighted by molar-refractivity contribution is 7.92. The van der Waals surface area contributed by atoms with Gasteiger partial charge in [-0.25, -0.2) is 8.42 Å². The van der Waals surface area contributed by atoms with Crippen molar-refractivity contribution in [2.45, 2.75) is 25.7 Å². The first-order valence-corrected chi connectivity index (χ1v) is 6.42. The molecule has 0 amide bonds. The molecular formula is C11H14O4S. The molecule has 0 spiro atoms. The maximum atomic E-state index is 11.7. The van der Waals surface area contributed by atoms with E-state index in [0.717, 1.165) is 11.1 Å². The van der Waals surface area contributed by atoms with E-state index in [1.165, 1.54) is 6.07 Å². The number of carboxylic acids is 1. The molecule has 0 saturated carbocycles. The van der Waals surface area contributed by atoms with E-state index in [9.17, 15) is 13.2 Å². The summed E-state index contributed by atoms with van der Waals surface area (Å²) in [4.78, 5) is 10.6. The number of hydrogen-bond donors (Lipinski definition) is 1. The van der Waals surface area contributed by atoms with Crippen molar-refractivity contribution in [3.8, 4) is 0 Å². The number of carbonyl (C=O) groups is 1. The second-order valence-corrected chi connectivity index (χ2v) is 5.74. The van der Waals surface area contributed by atoms with Gasteiger partial charge in [-0.3, -0.25) is 4.79 Å². The molecular weight excluding hydrogens is 228 g/mol. The number of aliphatic carboxylic acids is 1. The van der Waals surface area contributed by atoms with E-state index < -0.39 is 21.6 Å². The van der Waals surface area contributed by atoms with Crippen LogP contribution in [-0.4, -0.2) is 25.2 Å². The average Bonchev–Trinajstić information content (AvgIpc) is 2.11. The minimum absolute atomic E-state index is 0.109. The van der Waals surface area contributed by atoms with Gasteiger partial charge >= 0.3 is 5.97 Å². The Morgan fingerprint density at radius 3 is 2.25 bits per heavy atom. The summed E-state index contributed by atoms with van der Waals surface area (Å²) in [6, 6.07) is 3.16. The van der Waals surface area contributed by atoms with Gasteiger partial charge in [-0.15, -0.1) is 0 Å². The molecule has 0 unspecified atom stereocenters. The number of hydrogen-bond acceptors (Lipinski definition) is 3. The Labute approximate surface area is 94.8 Å². The molecule has 1 aromatic rings. The molecule has 1 rings (SSSR count). The van der Waals surface area contributed by atoms with Crippen LogP contribution in [0.25, 0.3) is 0 Å². The second kappa shape index (κ2) is 4.25. The highest BCUT2D eigenvalue weighted by Crippen LogP contribution is 2.22. The summed E-state index contributed by atoms with van der Waals surface area (Å²) < 4.78 is 23.5. The van der Waals surface area contributed by atoms with Gasteiger partial charge in [0.25, 0.3) is 0 Å². The van der Waals surface area contributed by atoms with Crippen LogP contribution in [0.2, 0.25) is 0 Å². The number of rotatable bonds is 3. The molecule has 1 N–H and O–H groups in total. The third kappa shape index (κ3) is 2.41. The van der Waals surface area contributed by atoms with Crippen LogP contribution in [0.1, 0.15) is 16.7 Å². The van der Waals surface area contributed by atoms with Gasteiger partial charge in [0.2, 0.25) is 0 Å². The van der Waals surface area contributed by atoms with E-state index >= 15 is 0 Å². The first-order valence-electron chi connectivity index (χ1n) is 4.77. The highest BCUT2D eigenvalue weighted by atomic mass is 32.2. The van der Waals surface area contributed by atoms with Gasteiger partial charge in [-0.05, 0) is 43.5 Å². The third-order valence-electron chi connectivity index (χ3n) is 2.66. The molecule has 1 aromatic carbocycles. The molecule has 16 heavy (non-hydrogen) atoms. The van der Waals surface area contributed by atoms with Gasteiger partial charge in [0, 0.05) is 0 Å². The fourth-order valence-electron chi connectivity index (χ4n) is 1.51. The number of carboxylic acid groups (broad SMARTS) is 1. The Hall–Kier alpha value is -1.36. The van der Waals surface area contributed by atoms with Gasteiger partial charge in [0.15, 0.2) is 15.6 Å². The Bertz CT molecular complexity index is 529. The Balaban J connectivity index is 3.35. The van der Waals surface area contributed by atoms with Crippen LogP contribution in [0.5, 0.6) is 0 Å². The van der Waals surface area contributed by atoms with Crippen LogP contribution >= 0.6 is 0 Å². The summed E-state index contributed by atoms with van der Waals surface area (Å²) in [6.45, 7) is 5.40. The lowest BCUT2D eigenvalue weighted by Gasteiger charge is -2.10. The summed E-state index contributed by atoms with van der Waals surface area (Å²) in [5.41, 5.74) is 2.50. The van der Waals surface area contributed by atoms with Gasteiger partial charge in [0.1, 0.15) is 0 Å². The van der Waals surface area contributed by atoms with E-state index in [-0.39, 0.29) is 4.90 Å². The molecule has 4 nitrogen and oxygen atoms in total. The largest absolute Gasteiger partial charge is 0.480 e. The summed E-state index contributed by atoms with van der Waals surface area (Å²) >= 11 is 0. The molecule has 0 fully saturated rings. The van der Waals surface area contributed by atoms with E-state index in [4.69, 9.17) is 5.11 Å². The van der Waals surface area contributed by atoms with Crippen molar-refractivity contribution in [2.75, 3.05) is 5.75 Å². The first kappa shape index (κ1) is 12.7. The summed E-state index contributed by atoms with van der Waals surface area (Å²) in [6.07, 6.45) is 0. The van der Waals surface area contributed by atoms with Crippen molar-refractivity contribution in [2.24, 2.45) is 0 Å². The first-order chi connectivity index (χ1) is 7.25. The van der Waals surface area contributed by atoms with E-state index in [2.05, 4.69) is 0 Å². The molecule has 0 aliphatic carbocycles. The van der Waals surface area contributed by atoms with Crippen LogP contribution < -0.4 is 0 Å². The minimum Gasteiger partial charge on any atom is -0.480 e. The summed E-state index contributed by atoms with van der Waals surface area (Å²) in [5, 5.41) is 8.55. The van der Waals surface area contributed by atoms with E-state index in [1.54, 1.807) is 13.0 Å². The predicted molar refractivity (Wildman–Crippen MR) is 60.3 cm³/mol. The Morgan fingerprint density at radius 1 is 1.19 bits per heavy atom. The topological polar surface area (TPSA) is 71.4 Å². The lowest BCUT2D eigenvalue weighted by molar-refractivity contribution is -0.134. The molecule has 0 aromatic heterocycles. The predicted octanol–water partition coefficient (Wildman–Crippen LogP) is 1.47. The van der Waals surface area contributed by atoms with Crippen molar-refractivity contribution < 1.29 is 18.3 Å². The average molecular weight is 242 g/mol. The molecule has 0 saturated heterocycles. The molecule has 0 radical (unpaired) electrons. The second-order valence-electron chi connectivity index (χ2n) is 3.78. The molecule has 0 aliphatic heterocycles. The Morgan fingerprint density at radius 2 is 1.75 bits per heavy atom. The van der Waals surface area contributed by atoms with E-state index in [1.807, 2.05) is 13.8 Å². The van der Waals surface area contributed by atoms with Gasteiger partial charge < -0.3 is 5.11 Å². The van der Waals surface area contributed by atoms with Crippen molar-refractivity contribution >= 4 is 15.8 Å². The molecule has 5 heteroatoms. The quantitative estimate of drug-likeness (QED) is 0.871. The maximum absolute atomic E-state index is 11.7. The number of sulfone groups is 1. The maximum Gasteiger partial charge on any atom is 0.319 e. The summed E-state index contributed by atoms with van der Waals surface area (Å²) in [7, 11) is -3.73. The molecule has 0 bridgehead atoms. The monoisotopic (exact) mass is 242 g/mol. The van der Waals surface area contributed by atoms with Crippen LogP contribution in [-0.2, 0) is 14.6 Å². The molecule has 88 valence electrons. The van der Waals surface area contributed by atoms with E-state index in [0.29, 0.717) is 5.56 Å². The smallest absolute Gasteiger partial charge is 0.319 e. The molecule has 0 heterocycles. The normalized spacial score (nSPS) is 11.4. The van der Waals surface area contributed by atoms with Crippen LogP contribution in [0, 0.1) is 20.8 Å². The number of aryl methyl sites for hydroxylation is 1. The molecule has 0 aliphatic rings. The third-order valence-corrected chi connectivity index (χ3v) is 4.40. The van der Waals surface area contributed by atoms with Crippen LogP contribution in [0.4, 0.5) is 0 Å². The SMILES string of the molecule is Cc1ccc(S(=O)(=O)CC(=O)O)c(C)c1C. The van der Waals surface area contributed by atoms with Crippen molar-refractivity contribution in [1.82, 2.24) is 0 Å². The Kier molecular flexibility index (Phi) is 3.38. The lowest BCUT2D eigenvalue weighted by Crippen LogP contribution is -2.16. The minimum atomic E-state index is -3.73. The standard InChI is InChI=1S/C11H14O4S/c1-7-4-5-10(9(3)8(7)2)16(14,15)6-11(12)13/h4-5H,6H2,1-3H3,(H,12,13). The zero-order valence-electron chi connectivity index (χ0n) is 9.44. The van der Waals surface area contributed by atoms with Gasteiger partial charge in [0.05, 0.1) is 4.90 Å². The van der Waals surface area contributed by atoms with Crippen molar-refractivity contribution in [1.29, 1.82) is 0 Å². The zero-order valence-corrected chi connectivity index (χ0v) is 10.3. The zero-order chi connectivity index (χ0) is 12.5. The van der Waals surface area contributed by atoms with Crippen molar-refractivity contribution in [3.05, 3.63) is 28.8 Å².